The fourth-order valence-electron chi connectivity index (χ4n) is 2.32. The Morgan fingerprint density at radius 1 is 1.26 bits per heavy atom. The average Bonchev–Trinajstić information content (AvgIpc) is 2.95. The Kier molecular flexibility index (Phi) is 7.16. The van der Waals surface area contributed by atoms with E-state index in [0.29, 0.717) is 12.5 Å². The minimum atomic E-state index is 0. The summed E-state index contributed by atoms with van der Waals surface area (Å²) in [5.41, 5.74) is 8.32. The molecule has 0 saturated carbocycles. The number of thiazole rings is 1. The highest BCUT2D eigenvalue weighted by molar-refractivity contribution is 14.0. The Labute approximate surface area is 162 Å². The fourth-order valence-corrected chi connectivity index (χ4v) is 4.22. The van der Waals surface area contributed by atoms with Crippen LogP contribution in [0.25, 0.3) is 10.6 Å². The predicted octanol–water partition coefficient (Wildman–Crippen LogP) is 3.60. The lowest BCUT2D eigenvalue weighted by Gasteiger charge is -2.27. The van der Waals surface area contributed by atoms with Crippen molar-refractivity contribution in [2.45, 2.75) is 13.5 Å². The van der Waals surface area contributed by atoms with Crippen LogP contribution in [-0.2, 0) is 6.54 Å². The molecule has 0 bridgehead atoms. The van der Waals surface area contributed by atoms with Gasteiger partial charge in [0.05, 0.1) is 12.2 Å². The number of benzene rings is 1. The van der Waals surface area contributed by atoms with Crippen LogP contribution >= 0.6 is 47.1 Å². The first-order valence-electron chi connectivity index (χ1n) is 7.38. The van der Waals surface area contributed by atoms with Crippen LogP contribution in [0.15, 0.2) is 35.3 Å². The van der Waals surface area contributed by atoms with Gasteiger partial charge in [-0.25, -0.2) is 9.98 Å². The number of rotatable bonds is 3. The molecule has 7 heteroatoms. The van der Waals surface area contributed by atoms with Gasteiger partial charge in [0.25, 0.3) is 0 Å². The van der Waals surface area contributed by atoms with Gasteiger partial charge >= 0.3 is 0 Å². The highest BCUT2D eigenvalue weighted by atomic mass is 127. The van der Waals surface area contributed by atoms with Crippen molar-refractivity contribution >= 4 is 53.0 Å². The molecule has 124 valence electrons. The number of hydrogen-bond donors (Lipinski definition) is 1. The third kappa shape index (κ3) is 4.84. The number of nitrogens with zero attached hydrogens (tertiary/aromatic N) is 3. The van der Waals surface area contributed by atoms with Gasteiger partial charge in [-0.3, -0.25) is 0 Å². The highest BCUT2D eigenvalue weighted by Crippen LogP contribution is 2.28. The molecule has 4 nitrogen and oxygen atoms in total. The summed E-state index contributed by atoms with van der Waals surface area (Å²) in [7, 11) is 0. The fraction of sp³-hybridized carbons (Fsp3) is 0.375. The molecule has 1 aliphatic heterocycles. The van der Waals surface area contributed by atoms with E-state index < -0.39 is 0 Å². The zero-order valence-corrected chi connectivity index (χ0v) is 17.0. The van der Waals surface area contributed by atoms with Gasteiger partial charge in [0, 0.05) is 35.0 Å². The van der Waals surface area contributed by atoms with Crippen molar-refractivity contribution in [3.8, 4) is 10.6 Å². The normalized spacial score (nSPS) is 15.3. The topological polar surface area (TPSA) is 54.5 Å². The van der Waals surface area contributed by atoms with Gasteiger partial charge in [0.15, 0.2) is 5.96 Å². The Morgan fingerprint density at radius 2 is 1.96 bits per heavy atom. The zero-order chi connectivity index (χ0) is 15.4. The van der Waals surface area contributed by atoms with Crippen molar-refractivity contribution in [2.75, 3.05) is 24.6 Å². The Bertz CT molecular complexity index is 651. The summed E-state index contributed by atoms with van der Waals surface area (Å²) in [4.78, 5) is 12.6. The van der Waals surface area contributed by atoms with E-state index in [1.165, 1.54) is 4.88 Å². The van der Waals surface area contributed by atoms with Crippen LogP contribution in [0.4, 0.5) is 0 Å². The molecule has 1 aliphatic rings. The molecule has 0 spiro atoms. The van der Waals surface area contributed by atoms with Gasteiger partial charge < -0.3 is 10.6 Å². The maximum atomic E-state index is 6.12. The number of thioether (sulfide) groups is 1. The van der Waals surface area contributed by atoms with Crippen LogP contribution in [0, 0.1) is 6.92 Å². The van der Waals surface area contributed by atoms with E-state index in [1.807, 2.05) is 36.9 Å². The van der Waals surface area contributed by atoms with Gasteiger partial charge in [-0.15, -0.1) is 35.3 Å². The molecule has 0 atom stereocenters. The second kappa shape index (κ2) is 8.89. The molecule has 23 heavy (non-hydrogen) atoms. The first-order chi connectivity index (χ1) is 10.7. The van der Waals surface area contributed by atoms with Gasteiger partial charge in [-0.2, -0.15) is 11.8 Å². The standard InChI is InChI=1S/C16H20N4S2.HI/c1-12-14(11-18-16(17)20-7-9-21-10-8-20)22-15(19-12)13-5-3-2-4-6-13;/h2-6H,7-11H2,1H3,(H2,17,18);1H. The van der Waals surface area contributed by atoms with Gasteiger partial charge in [0.1, 0.15) is 5.01 Å². The van der Waals surface area contributed by atoms with E-state index in [4.69, 9.17) is 5.73 Å². The third-order valence-electron chi connectivity index (χ3n) is 3.63. The van der Waals surface area contributed by atoms with Crippen LogP contribution in [-0.4, -0.2) is 40.4 Å². The molecule has 1 fully saturated rings. The summed E-state index contributed by atoms with van der Waals surface area (Å²) in [6, 6.07) is 10.3. The van der Waals surface area contributed by atoms with E-state index in [9.17, 15) is 0 Å². The number of aliphatic imine (C=N–C) groups is 1. The minimum Gasteiger partial charge on any atom is -0.370 e. The van der Waals surface area contributed by atoms with Crippen molar-refractivity contribution in [3.63, 3.8) is 0 Å². The minimum absolute atomic E-state index is 0. The molecule has 0 radical (unpaired) electrons. The number of aromatic nitrogens is 1. The summed E-state index contributed by atoms with van der Waals surface area (Å²) < 4.78 is 0. The molecular weight excluding hydrogens is 439 g/mol. The molecule has 3 rings (SSSR count). The SMILES string of the molecule is Cc1nc(-c2ccccc2)sc1CN=C(N)N1CCSCC1.I. The molecule has 2 N–H and O–H groups in total. The maximum Gasteiger partial charge on any atom is 0.191 e. The molecule has 2 heterocycles. The van der Waals surface area contributed by atoms with Gasteiger partial charge in [-0.05, 0) is 6.92 Å². The van der Waals surface area contributed by atoms with Crippen molar-refractivity contribution in [1.82, 2.24) is 9.88 Å². The summed E-state index contributed by atoms with van der Waals surface area (Å²) in [6.07, 6.45) is 0. The molecular formula is C16H21IN4S2. The number of halogens is 1. The van der Waals surface area contributed by atoms with Crippen LogP contribution in [0.1, 0.15) is 10.6 Å². The molecule has 1 aromatic carbocycles. The largest absolute Gasteiger partial charge is 0.370 e. The predicted molar refractivity (Wildman–Crippen MR) is 112 cm³/mol. The quantitative estimate of drug-likeness (QED) is 0.432. The van der Waals surface area contributed by atoms with E-state index >= 15 is 0 Å². The van der Waals surface area contributed by atoms with Crippen molar-refractivity contribution < 1.29 is 0 Å². The molecule has 0 unspecified atom stereocenters. The summed E-state index contributed by atoms with van der Waals surface area (Å²) in [6.45, 7) is 4.65. The second-order valence-corrected chi connectivity index (χ2v) is 7.48. The zero-order valence-electron chi connectivity index (χ0n) is 13.1. The maximum absolute atomic E-state index is 6.12. The van der Waals surface area contributed by atoms with Crippen molar-refractivity contribution in [2.24, 2.45) is 10.7 Å². The van der Waals surface area contributed by atoms with Gasteiger partial charge in [0.2, 0.25) is 0 Å². The molecule has 2 aromatic rings. The third-order valence-corrected chi connectivity index (χ3v) is 5.77. The molecule has 0 amide bonds. The Balaban J connectivity index is 0.00000192. The number of hydrogen-bond acceptors (Lipinski definition) is 4. The molecule has 1 aromatic heterocycles. The lowest BCUT2D eigenvalue weighted by molar-refractivity contribution is 0.456. The number of aryl methyl sites for hydroxylation is 1. The monoisotopic (exact) mass is 460 g/mol. The van der Waals surface area contributed by atoms with E-state index in [2.05, 4.69) is 27.0 Å². The first-order valence-corrected chi connectivity index (χ1v) is 9.35. The van der Waals surface area contributed by atoms with Gasteiger partial charge in [-0.1, -0.05) is 30.3 Å². The Morgan fingerprint density at radius 3 is 2.65 bits per heavy atom. The summed E-state index contributed by atoms with van der Waals surface area (Å²) in [5, 5.41) is 1.05. The number of nitrogens with two attached hydrogens (primary N) is 1. The lowest BCUT2D eigenvalue weighted by Crippen LogP contribution is -2.42. The highest BCUT2D eigenvalue weighted by Gasteiger charge is 2.13. The van der Waals surface area contributed by atoms with Crippen LogP contribution in [0.3, 0.4) is 0 Å². The van der Waals surface area contributed by atoms with Crippen molar-refractivity contribution in [3.05, 3.63) is 40.9 Å². The smallest absolute Gasteiger partial charge is 0.191 e. The van der Waals surface area contributed by atoms with Crippen molar-refractivity contribution in [1.29, 1.82) is 0 Å². The summed E-state index contributed by atoms with van der Waals surface area (Å²) >= 11 is 3.68. The van der Waals surface area contributed by atoms with E-state index in [-0.39, 0.29) is 24.0 Å². The Hall–Kier alpha value is -0.800. The average molecular weight is 460 g/mol. The van der Waals surface area contributed by atoms with E-state index in [1.54, 1.807) is 11.3 Å². The van der Waals surface area contributed by atoms with Crippen LogP contribution < -0.4 is 5.73 Å². The molecule has 0 aliphatic carbocycles. The summed E-state index contributed by atoms with van der Waals surface area (Å²) in [5.74, 6) is 2.93. The lowest BCUT2D eigenvalue weighted by atomic mass is 10.2. The first kappa shape index (κ1) is 18.5. The second-order valence-electron chi connectivity index (χ2n) is 5.17. The van der Waals surface area contributed by atoms with Crippen LogP contribution in [0.5, 0.6) is 0 Å². The molecule has 1 saturated heterocycles. The number of guanidine groups is 1. The van der Waals surface area contributed by atoms with Crippen LogP contribution in [0.2, 0.25) is 0 Å². The van der Waals surface area contributed by atoms with E-state index in [0.717, 1.165) is 40.9 Å².